The maximum Gasteiger partial charge on any atom is 0.423 e. The van der Waals surface area contributed by atoms with Crippen molar-refractivity contribution in [3.8, 4) is 17.4 Å². The molecular formula is C24H27F4N5O3. The number of methoxy groups -OCH3 is 1. The van der Waals surface area contributed by atoms with Crippen molar-refractivity contribution in [1.29, 1.82) is 0 Å². The van der Waals surface area contributed by atoms with Crippen molar-refractivity contribution in [1.82, 2.24) is 24.3 Å². The number of hydrogen-bond acceptors (Lipinski definition) is 6. The summed E-state index contributed by atoms with van der Waals surface area (Å²) in [6, 6.07) is 2.67. The summed E-state index contributed by atoms with van der Waals surface area (Å²) in [6.45, 7) is 5.95. The minimum absolute atomic E-state index is 0.0644. The van der Waals surface area contributed by atoms with Crippen molar-refractivity contribution in [2.75, 3.05) is 20.2 Å². The molecule has 4 rings (SSSR count). The topological polar surface area (TPSA) is 81.9 Å². The van der Waals surface area contributed by atoms with Gasteiger partial charge in [0, 0.05) is 19.3 Å². The van der Waals surface area contributed by atoms with Crippen molar-refractivity contribution in [2.45, 2.75) is 51.8 Å². The van der Waals surface area contributed by atoms with E-state index in [-0.39, 0.29) is 36.1 Å². The highest BCUT2D eigenvalue weighted by molar-refractivity contribution is 5.68. The molecule has 0 spiro atoms. The van der Waals surface area contributed by atoms with Crippen LogP contribution in [0.25, 0.3) is 17.2 Å². The lowest BCUT2D eigenvalue weighted by Gasteiger charge is -2.34. The molecule has 194 valence electrons. The summed E-state index contributed by atoms with van der Waals surface area (Å²) in [6.07, 6.45) is -1.59. The van der Waals surface area contributed by atoms with Crippen LogP contribution < -0.4 is 4.74 Å². The number of fused-ring (bicyclic) bond motifs is 1. The maximum atomic E-state index is 14.1. The van der Waals surface area contributed by atoms with Crippen LogP contribution in [0.5, 0.6) is 5.88 Å². The minimum atomic E-state index is -4.77. The van der Waals surface area contributed by atoms with Crippen LogP contribution in [0.4, 0.5) is 22.4 Å². The van der Waals surface area contributed by atoms with Crippen LogP contribution in [0.2, 0.25) is 0 Å². The van der Waals surface area contributed by atoms with Gasteiger partial charge in [-0.25, -0.2) is 19.2 Å². The summed E-state index contributed by atoms with van der Waals surface area (Å²) in [7, 11) is 1.10. The SMILES string of the molecule is COc1nc(-c2cnc3ccc(F)cn23)nc(C[C@@H]2CCCN(C(=O)OC(C)(C)C)C2)c1C(F)(F)F. The lowest BCUT2D eigenvalue weighted by atomic mass is 9.92. The number of piperidine rings is 1. The van der Waals surface area contributed by atoms with Gasteiger partial charge in [0.15, 0.2) is 5.82 Å². The number of carbonyl (C=O) groups excluding carboxylic acids is 1. The van der Waals surface area contributed by atoms with Crippen molar-refractivity contribution in [2.24, 2.45) is 5.92 Å². The molecule has 0 N–H and O–H groups in total. The zero-order chi connectivity index (χ0) is 26.3. The fraction of sp³-hybridized carbons (Fsp3) is 0.500. The number of ether oxygens (including phenoxy) is 2. The zero-order valence-corrected chi connectivity index (χ0v) is 20.4. The highest BCUT2D eigenvalue weighted by Crippen LogP contribution is 2.39. The minimum Gasteiger partial charge on any atom is -0.480 e. The van der Waals surface area contributed by atoms with Crippen LogP contribution >= 0.6 is 0 Å². The number of amides is 1. The molecule has 1 amide bonds. The van der Waals surface area contributed by atoms with Gasteiger partial charge in [0.25, 0.3) is 0 Å². The Balaban J connectivity index is 1.72. The Kier molecular flexibility index (Phi) is 6.80. The van der Waals surface area contributed by atoms with Crippen LogP contribution in [-0.4, -0.2) is 56.1 Å². The van der Waals surface area contributed by atoms with E-state index < -0.39 is 35.1 Å². The van der Waals surface area contributed by atoms with E-state index in [0.717, 1.165) is 13.3 Å². The summed E-state index contributed by atoms with van der Waals surface area (Å²) < 4.78 is 68.0. The fourth-order valence-corrected chi connectivity index (χ4v) is 4.30. The second kappa shape index (κ2) is 9.55. The van der Waals surface area contributed by atoms with E-state index in [0.29, 0.717) is 25.0 Å². The molecule has 8 nitrogen and oxygen atoms in total. The van der Waals surface area contributed by atoms with Crippen LogP contribution in [0.1, 0.15) is 44.9 Å². The lowest BCUT2D eigenvalue weighted by molar-refractivity contribution is -0.140. The van der Waals surface area contributed by atoms with Gasteiger partial charge in [-0.05, 0) is 58.1 Å². The Labute approximate surface area is 205 Å². The molecule has 0 aromatic carbocycles. The summed E-state index contributed by atoms with van der Waals surface area (Å²) in [4.78, 5) is 26.5. The Morgan fingerprint density at radius 3 is 2.61 bits per heavy atom. The van der Waals surface area contributed by atoms with E-state index in [9.17, 15) is 22.4 Å². The molecule has 0 unspecified atom stereocenters. The molecule has 3 aromatic rings. The van der Waals surface area contributed by atoms with Crippen LogP contribution in [0.3, 0.4) is 0 Å². The molecule has 1 atom stereocenters. The average Bonchev–Trinajstić information content (AvgIpc) is 3.20. The second-order valence-electron chi connectivity index (χ2n) is 9.73. The van der Waals surface area contributed by atoms with Crippen molar-refractivity contribution in [3.05, 3.63) is 41.6 Å². The highest BCUT2D eigenvalue weighted by Gasteiger charge is 2.41. The van der Waals surface area contributed by atoms with Gasteiger partial charge >= 0.3 is 12.3 Å². The maximum absolute atomic E-state index is 14.1. The van der Waals surface area contributed by atoms with Crippen LogP contribution in [-0.2, 0) is 17.3 Å². The van der Waals surface area contributed by atoms with Crippen molar-refractivity contribution >= 4 is 11.7 Å². The van der Waals surface area contributed by atoms with Gasteiger partial charge in [0.2, 0.25) is 5.88 Å². The molecule has 0 radical (unpaired) electrons. The van der Waals surface area contributed by atoms with E-state index in [1.54, 1.807) is 20.8 Å². The number of carbonyl (C=O) groups is 1. The number of alkyl halides is 3. The molecule has 3 aromatic heterocycles. The first-order valence-corrected chi connectivity index (χ1v) is 11.5. The molecule has 1 aliphatic rings. The first-order chi connectivity index (χ1) is 16.9. The number of imidazole rings is 1. The monoisotopic (exact) mass is 509 g/mol. The average molecular weight is 510 g/mol. The Morgan fingerprint density at radius 1 is 1.19 bits per heavy atom. The molecule has 0 bridgehead atoms. The van der Waals surface area contributed by atoms with E-state index >= 15 is 0 Å². The Morgan fingerprint density at radius 2 is 1.94 bits per heavy atom. The van der Waals surface area contributed by atoms with E-state index in [1.165, 1.54) is 27.6 Å². The molecule has 1 saturated heterocycles. The van der Waals surface area contributed by atoms with Gasteiger partial charge in [0.05, 0.1) is 19.0 Å². The summed E-state index contributed by atoms with van der Waals surface area (Å²) in [5.74, 6) is -1.55. The number of nitrogens with zero attached hydrogens (tertiary/aromatic N) is 5. The molecule has 1 aliphatic heterocycles. The lowest BCUT2D eigenvalue weighted by Crippen LogP contribution is -2.43. The van der Waals surface area contributed by atoms with Crippen LogP contribution in [0.15, 0.2) is 24.5 Å². The molecule has 0 aliphatic carbocycles. The summed E-state index contributed by atoms with van der Waals surface area (Å²) >= 11 is 0. The number of hydrogen-bond donors (Lipinski definition) is 0. The standard InChI is InChI=1S/C24H27F4N5O3/c1-23(2,3)36-22(34)32-9-5-6-14(12-32)10-16-19(24(26,27)28)21(35-4)31-20(30-16)17-11-29-18-8-7-15(25)13-33(17)18/h7-8,11,13-14H,5-6,9-10,12H2,1-4H3/t14-/m0/s1. The van der Waals surface area contributed by atoms with Gasteiger partial charge in [-0.3, -0.25) is 4.40 Å². The summed E-state index contributed by atoms with van der Waals surface area (Å²) in [5.41, 5.74) is -1.40. The first-order valence-electron chi connectivity index (χ1n) is 11.5. The number of aromatic nitrogens is 4. The van der Waals surface area contributed by atoms with E-state index in [1.807, 2.05) is 0 Å². The number of likely N-dealkylation sites (tertiary alicyclic amines) is 1. The van der Waals surface area contributed by atoms with Gasteiger partial charge in [-0.2, -0.15) is 18.2 Å². The third kappa shape index (κ3) is 5.52. The van der Waals surface area contributed by atoms with E-state index in [2.05, 4.69) is 15.0 Å². The number of rotatable bonds is 4. The van der Waals surface area contributed by atoms with Gasteiger partial charge in [-0.1, -0.05) is 0 Å². The molecular weight excluding hydrogens is 482 g/mol. The zero-order valence-electron chi connectivity index (χ0n) is 20.4. The number of pyridine rings is 1. The Hall–Kier alpha value is -3.44. The van der Waals surface area contributed by atoms with Crippen LogP contribution in [0, 0.1) is 11.7 Å². The third-order valence-electron chi connectivity index (χ3n) is 5.78. The third-order valence-corrected chi connectivity index (χ3v) is 5.78. The molecule has 36 heavy (non-hydrogen) atoms. The van der Waals surface area contributed by atoms with E-state index in [4.69, 9.17) is 9.47 Å². The van der Waals surface area contributed by atoms with Crippen molar-refractivity contribution in [3.63, 3.8) is 0 Å². The largest absolute Gasteiger partial charge is 0.480 e. The van der Waals surface area contributed by atoms with Crippen molar-refractivity contribution < 1.29 is 31.8 Å². The highest BCUT2D eigenvalue weighted by atomic mass is 19.4. The fourth-order valence-electron chi connectivity index (χ4n) is 4.30. The Bertz CT molecular complexity index is 1270. The number of halogens is 4. The molecule has 0 saturated carbocycles. The molecule has 1 fully saturated rings. The van der Waals surface area contributed by atoms with Gasteiger partial charge < -0.3 is 14.4 Å². The predicted molar refractivity (Wildman–Crippen MR) is 122 cm³/mol. The molecule has 4 heterocycles. The van der Waals surface area contributed by atoms with Gasteiger partial charge in [0.1, 0.15) is 28.3 Å². The smallest absolute Gasteiger partial charge is 0.423 e. The second-order valence-corrected chi connectivity index (χ2v) is 9.73. The predicted octanol–water partition coefficient (Wildman–Crippen LogP) is 5.15. The summed E-state index contributed by atoms with van der Waals surface area (Å²) in [5, 5.41) is 0. The quantitative estimate of drug-likeness (QED) is 0.453. The normalized spacial score (nSPS) is 16.9. The van der Waals surface area contributed by atoms with Gasteiger partial charge in [-0.15, -0.1) is 0 Å². The first kappa shape index (κ1) is 25.6. The molecule has 12 heteroatoms.